The Morgan fingerprint density at radius 3 is 2.72 bits per heavy atom. The van der Waals surface area contributed by atoms with Crippen LogP contribution in [0.2, 0.25) is 0 Å². The van der Waals surface area contributed by atoms with Crippen molar-refractivity contribution in [3.05, 3.63) is 35.1 Å². The van der Waals surface area contributed by atoms with Crippen LogP contribution >= 0.6 is 0 Å². The zero-order valence-electron chi connectivity index (χ0n) is 13.9. The van der Waals surface area contributed by atoms with Gasteiger partial charge in [0.2, 0.25) is 0 Å². The minimum Gasteiger partial charge on any atom is -0.373 e. The van der Waals surface area contributed by atoms with Crippen LogP contribution in [0.4, 0.5) is 17.6 Å². The topological polar surface area (TPSA) is 45.7 Å². The van der Waals surface area contributed by atoms with E-state index in [4.69, 9.17) is 4.74 Å². The van der Waals surface area contributed by atoms with E-state index < -0.39 is 17.6 Å². The normalized spacial score (nSPS) is 26.1. The molecular weight excluding hydrogens is 338 g/mol. The van der Waals surface area contributed by atoms with Crippen molar-refractivity contribution in [1.29, 1.82) is 0 Å². The highest BCUT2D eigenvalue weighted by Crippen LogP contribution is 2.34. The average molecular weight is 359 g/mol. The second kappa shape index (κ2) is 7.19. The van der Waals surface area contributed by atoms with Gasteiger partial charge in [0.05, 0.1) is 30.4 Å². The Labute approximate surface area is 143 Å². The molecule has 0 spiro atoms. The summed E-state index contributed by atoms with van der Waals surface area (Å²) >= 11 is 0. The number of aliphatic imine (C=N–C) groups is 1. The number of halogens is 4. The van der Waals surface area contributed by atoms with Crippen LogP contribution in [0.3, 0.4) is 0 Å². The maximum absolute atomic E-state index is 13.2. The number of ether oxygens (including phenoxy) is 1. The first-order valence-electron chi connectivity index (χ1n) is 8.42. The molecule has 2 saturated heterocycles. The molecule has 2 N–H and O–H groups in total. The number of hydrogen-bond donors (Lipinski definition) is 2. The first-order chi connectivity index (χ1) is 11.9. The fourth-order valence-corrected chi connectivity index (χ4v) is 3.40. The Morgan fingerprint density at radius 1 is 1.32 bits per heavy atom. The number of hydrogen-bond acceptors (Lipinski definition) is 2. The molecule has 0 saturated carbocycles. The molecule has 3 atom stereocenters. The molecule has 3 unspecified atom stereocenters. The highest BCUT2D eigenvalue weighted by atomic mass is 19.4. The first-order valence-corrected chi connectivity index (χ1v) is 8.42. The van der Waals surface area contributed by atoms with E-state index in [2.05, 4.69) is 15.6 Å². The summed E-state index contributed by atoms with van der Waals surface area (Å²) in [6.45, 7) is 2.28. The van der Waals surface area contributed by atoms with E-state index in [1.54, 1.807) is 0 Å². The Bertz CT molecular complexity index is 647. The summed E-state index contributed by atoms with van der Waals surface area (Å²) in [5, 5.41) is 6.28. The summed E-state index contributed by atoms with van der Waals surface area (Å²) in [5.41, 5.74) is -1.05. The van der Waals surface area contributed by atoms with Gasteiger partial charge >= 0.3 is 6.18 Å². The van der Waals surface area contributed by atoms with Crippen LogP contribution in [-0.4, -0.2) is 30.8 Å². The standard InChI is InChI=1S/C17H21F4N3O/c1-2-22-16(24-14-8-12-5-6-15(14)25-12)23-9-10-3-4-11(18)7-13(10)17(19,20)21/h3-4,7,12,14-15H,2,5-6,8-9H2,1H3,(H2,22,23,24). The van der Waals surface area contributed by atoms with Gasteiger partial charge in [0.15, 0.2) is 5.96 Å². The fraction of sp³-hybridized carbons (Fsp3) is 0.588. The van der Waals surface area contributed by atoms with Gasteiger partial charge in [0.1, 0.15) is 5.82 Å². The van der Waals surface area contributed by atoms with Crippen LogP contribution in [0.15, 0.2) is 23.2 Å². The summed E-state index contributed by atoms with van der Waals surface area (Å²) < 4.78 is 58.1. The molecule has 0 radical (unpaired) electrons. The van der Waals surface area contributed by atoms with E-state index in [0.29, 0.717) is 18.6 Å². The maximum atomic E-state index is 13.2. The van der Waals surface area contributed by atoms with Crippen LogP contribution < -0.4 is 10.6 Å². The summed E-state index contributed by atoms with van der Waals surface area (Å²) in [4.78, 5) is 4.25. The minimum atomic E-state index is -4.61. The number of nitrogens with one attached hydrogen (secondary N) is 2. The zero-order valence-corrected chi connectivity index (χ0v) is 13.9. The van der Waals surface area contributed by atoms with E-state index in [1.165, 1.54) is 0 Å². The highest BCUT2D eigenvalue weighted by molar-refractivity contribution is 5.80. The molecule has 138 valence electrons. The summed E-state index contributed by atoms with van der Waals surface area (Å²) in [5.74, 6) is -0.467. The summed E-state index contributed by atoms with van der Waals surface area (Å²) in [6, 6.07) is 2.78. The molecule has 3 rings (SSSR count). The molecular formula is C17H21F4N3O. The Balaban J connectivity index is 1.73. The quantitative estimate of drug-likeness (QED) is 0.493. The lowest BCUT2D eigenvalue weighted by atomic mass is 9.96. The molecule has 2 fully saturated rings. The molecule has 2 heterocycles. The van der Waals surface area contributed by atoms with Gasteiger partial charge in [-0.15, -0.1) is 0 Å². The lowest BCUT2D eigenvalue weighted by molar-refractivity contribution is -0.138. The van der Waals surface area contributed by atoms with Crippen LogP contribution in [0, 0.1) is 5.82 Å². The SMILES string of the molecule is CCNC(=NCc1ccc(F)cc1C(F)(F)F)NC1CC2CCC1O2. The third-order valence-corrected chi connectivity index (χ3v) is 4.56. The van der Waals surface area contributed by atoms with Gasteiger partial charge in [-0.2, -0.15) is 13.2 Å². The molecule has 1 aromatic carbocycles. The van der Waals surface area contributed by atoms with Crippen molar-refractivity contribution in [3.8, 4) is 0 Å². The third-order valence-electron chi connectivity index (χ3n) is 4.56. The predicted octanol–water partition coefficient (Wildman–Crippen LogP) is 3.22. The fourth-order valence-electron chi connectivity index (χ4n) is 3.40. The van der Waals surface area contributed by atoms with Crippen LogP contribution in [-0.2, 0) is 17.5 Å². The largest absolute Gasteiger partial charge is 0.416 e. The van der Waals surface area contributed by atoms with Crippen molar-refractivity contribution in [2.75, 3.05) is 6.54 Å². The number of benzene rings is 1. The van der Waals surface area contributed by atoms with Gasteiger partial charge in [-0.05, 0) is 43.9 Å². The van der Waals surface area contributed by atoms with E-state index in [-0.39, 0.29) is 30.4 Å². The van der Waals surface area contributed by atoms with Gasteiger partial charge < -0.3 is 15.4 Å². The molecule has 4 nitrogen and oxygen atoms in total. The molecule has 0 aromatic heterocycles. The molecule has 2 bridgehead atoms. The number of nitrogens with zero attached hydrogens (tertiary/aromatic N) is 1. The number of rotatable bonds is 4. The van der Waals surface area contributed by atoms with Crippen LogP contribution in [0.25, 0.3) is 0 Å². The molecule has 2 aliphatic heterocycles. The lowest BCUT2D eigenvalue weighted by Gasteiger charge is -2.22. The number of guanidine groups is 1. The summed E-state index contributed by atoms with van der Waals surface area (Å²) in [7, 11) is 0. The van der Waals surface area contributed by atoms with E-state index >= 15 is 0 Å². The predicted molar refractivity (Wildman–Crippen MR) is 85.7 cm³/mol. The smallest absolute Gasteiger partial charge is 0.373 e. The van der Waals surface area contributed by atoms with E-state index in [0.717, 1.165) is 31.4 Å². The third kappa shape index (κ3) is 4.23. The average Bonchev–Trinajstić information content (AvgIpc) is 3.15. The lowest BCUT2D eigenvalue weighted by Crippen LogP contribution is -2.47. The molecule has 0 aliphatic carbocycles. The van der Waals surface area contributed by atoms with Crippen molar-refractivity contribution in [1.82, 2.24) is 10.6 Å². The zero-order chi connectivity index (χ0) is 18.0. The van der Waals surface area contributed by atoms with Crippen molar-refractivity contribution in [2.45, 2.75) is 57.2 Å². The molecule has 8 heteroatoms. The van der Waals surface area contributed by atoms with Crippen molar-refractivity contribution in [3.63, 3.8) is 0 Å². The second-order valence-electron chi connectivity index (χ2n) is 6.35. The Kier molecular flexibility index (Phi) is 5.17. The van der Waals surface area contributed by atoms with Gasteiger partial charge in [-0.1, -0.05) is 6.07 Å². The minimum absolute atomic E-state index is 0.0599. The molecule has 1 aromatic rings. The van der Waals surface area contributed by atoms with Gasteiger partial charge in [0, 0.05) is 6.54 Å². The molecule has 0 amide bonds. The molecule has 25 heavy (non-hydrogen) atoms. The Morgan fingerprint density at radius 2 is 2.12 bits per heavy atom. The van der Waals surface area contributed by atoms with Gasteiger partial charge in [-0.3, -0.25) is 0 Å². The van der Waals surface area contributed by atoms with E-state index in [9.17, 15) is 17.6 Å². The van der Waals surface area contributed by atoms with Crippen molar-refractivity contribution in [2.24, 2.45) is 4.99 Å². The van der Waals surface area contributed by atoms with Gasteiger partial charge in [-0.25, -0.2) is 9.38 Å². The number of alkyl halides is 3. The second-order valence-corrected chi connectivity index (χ2v) is 6.35. The van der Waals surface area contributed by atoms with Crippen LogP contribution in [0.1, 0.15) is 37.3 Å². The van der Waals surface area contributed by atoms with Gasteiger partial charge in [0.25, 0.3) is 0 Å². The monoisotopic (exact) mass is 359 g/mol. The maximum Gasteiger partial charge on any atom is 0.416 e. The van der Waals surface area contributed by atoms with Crippen LogP contribution in [0.5, 0.6) is 0 Å². The summed E-state index contributed by atoms with van der Waals surface area (Å²) in [6.07, 6.45) is -1.31. The molecule has 2 aliphatic rings. The Hall–Kier alpha value is -1.83. The first kappa shape index (κ1) is 18.0. The number of fused-ring (bicyclic) bond motifs is 2. The van der Waals surface area contributed by atoms with Crippen molar-refractivity contribution < 1.29 is 22.3 Å². The van der Waals surface area contributed by atoms with Crippen molar-refractivity contribution >= 4 is 5.96 Å². The van der Waals surface area contributed by atoms with E-state index in [1.807, 2.05) is 6.92 Å². The highest BCUT2D eigenvalue weighted by Gasteiger charge is 2.41.